The lowest BCUT2D eigenvalue weighted by molar-refractivity contribution is -0.862. The van der Waals surface area contributed by atoms with Crippen LogP contribution in [-0.4, -0.2) is 32.0 Å². The Morgan fingerprint density at radius 3 is 1.63 bits per heavy atom. The van der Waals surface area contributed by atoms with Crippen molar-refractivity contribution in [2.45, 2.75) is 34.6 Å². The van der Waals surface area contributed by atoms with E-state index in [1.807, 2.05) is 59.9 Å². The monoisotopic (exact) mass is 368 g/mol. The van der Waals surface area contributed by atoms with Crippen LogP contribution in [-0.2, 0) is 9.59 Å². The predicted molar refractivity (Wildman–Crippen MR) is 110 cm³/mol. The molecule has 144 valence electrons. The first-order valence-corrected chi connectivity index (χ1v) is 9.22. The minimum absolute atomic E-state index is 0.0950. The Morgan fingerprint density at radius 2 is 1.19 bits per heavy atom. The van der Waals surface area contributed by atoms with Crippen molar-refractivity contribution in [3.05, 3.63) is 58.1 Å². The largest absolute Gasteiger partial charge is 0.322 e. The Bertz CT molecular complexity index is 815. The van der Waals surface area contributed by atoms with E-state index in [1.165, 1.54) is 5.56 Å². The highest BCUT2D eigenvalue weighted by Crippen LogP contribution is 2.21. The summed E-state index contributed by atoms with van der Waals surface area (Å²) in [4.78, 5) is 25.6. The smallest absolute Gasteiger partial charge is 0.279 e. The van der Waals surface area contributed by atoms with Crippen molar-refractivity contribution in [1.29, 1.82) is 0 Å². The van der Waals surface area contributed by atoms with Crippen LogP contribution in [0.15, 0.2) is 30.3 Å². The molecule has 2 amide bonds. The molecule has 27 heavy (non-hydrogen) atoms. The molecule has 0 aliphatic heterocycles. The third-order valence-electron chi connectivity index (χ3n) is 4.61. The van der Waals surface area contributed by atoms with Crippen molar-refractivity contribution in [1.82, 2.24) is 0 Å². The van der Waals surface area contributed by atoms with Crippen LogP contribution in [0.4, 0.5) is 11.4 Å². The van der Waals surface area contributed by atoms with E-state index in [2.05, 4.69) is 22.8 Å². The van der Waals surface area contributed by atoms with E-state index in [-0.39, 0.29) is 24.9 Å². The number of hydrogen-bond donors (Lipinski definition) is 3. The average molecular weight is 369 g/mol. The highest BCUT2D eigenvalue weighted by atomic mass is 16.2. The number of benzene rings is 2. The van der Waals surface area contributed by atoms with Crippen molar-refractivity contribution in [3.63, 3.8) is 0 Å². The molecule has 0 bridgehead atoms. The van der Waals surface area contributed by atoms with E-state index < -0.39 is 0 Å². The van der Waals surface area contributed by atoms with Gasteiger partial charge in [-0.05, 0) is 56.9 Å². The number of nitrogens with one attached hydrogen (secondary N) is 3. The van der Waals surface area contributed by atoms with Crippen LogP contribution in [0.5, 0.6) is 0 Å². The average Bonchev–Trinajstić information content (AvgIpc) is 2.54. The second-order valence-electron chi connectivity index (χ2n) is 7.45. The van der Waals surface area contributed by atoms with Crippen LogP contribution < -0.4 is 15.5 Å². The van der Waals surface area contributed by atoms with Crippen molar-refractivity contribution >= 4 is 23.2 Å². The van der Waals surface area contributed by atoms with E-state index in [0.717, 1.165) is 38.5 Å². The molecule has 0 fully saturated rings. The first-order valence-electron chi connectivity index (χ1n) is 9.22. The van der Waals surface area contributed by atoms with Crippen LogP contribution >= 0.6 is 0 Å². The Hall–Kier alpha value is -2.66. The molecule has 0 spiro atoms. The molecule has 0 aliphatic carbocycles. The second-order valence-corrected chi connectivity index (χ2v) is 7.45. The van der Waals surface area contributed by atoms with Crippen LogP contribution in [0.3, 0.4) is 0 Å². The molecular weight excluding hydrogens is 338 g/mol. The zero-order chi connectivity index (χ0) is 20.1. The highest BCUT2D eigenvalue weighted by molar-refractivity contribution is 5.94. The molecule has 1 unspecified atom stereocenters. The second kappa shape index (κ2) is 8.82. The van der Waals surface area contributed by atoms with E-state index in [1.54, 1.807) is 0 Å². The molecule has 3 N–H and O–H groups in total. The van der Waals surface area contributed by atoms with Gasteiger partial charge in [-0.25, -0.2) is 0 Å². The summed E-state index contributed by atoms with van der Waals surface area (Å²) in [5.74, 6) is -0.192. The maximum absolute atomic E-state index is 12.4. The summed E-state index contributed by atoms with van der Waals surface area (Å²) >= 11 is 0. The topological polar surface area (TPSA) is 62.6 Å². The van der Waals surface area contributed by atoms with Gasteiger partial charge in [-0.15, -0.1) is 0 Å². The lowest BCUT2D eigenvalue weighted by atomic mass is 10.1. The Labute approximate surface area is 161 Å². The van der Waals surface area contributed by atoms with E-state index >= 15 is 0 Å². The fourth-order valence-corrected chi connectivity index (χ4v) is 3.37. The number of hydrogen-bond acceptors (Lipinski definition) is 2. The maximum Gasteiger partial charge on any atom is 0.279 e. The number of rotatable bonds is 6. The molecule has 2 rings (SSSR count). The standard InChI is InChI=1S/C22H29N3O2/c1-14-10-17(4)22(18(5)11-14)24-20(27)13-25(6)12-19(26)23-21-15(2)8-7-9-16(21)3/h7-11H,12-13H2,1-6H3,(H,23,26)(H,24,27)/p+1. The van der Waals surface area contributed by atoms with Gasteiger partial charge in [-0.1, -0.05) is 35.9 Å². The van der Waals surface area contributed by atoms with Crippen LogP contribution in [0, 0.1) is 34.6 Å². The van der Waals surface area contributed by atoms with Gasteiger partial charge in [0.1, 0.15) is 0 Å². The van der Waals surface area contributed by atoms with Crippen molar-refractivity contribution in [2.24, 2.45) is 0 Å². The summed E-state index contributed by atoms with van der Waals surface area (Å²) in [5.41, 5.74) is 7.05. The molecule has 0 aromatic heterocycles. The van der Waals surface area contributed by atoms with Crippen LogP contribution in [0.2, 0.25) is 0 Å². The van der Waals surface area contributed by atoms with Crippen molar-refractivity contribution in [2.75, 3.05) is 30.8 Å². The summed E-state index contributed by atoms with van der Waals surface area (Å²) in [6.45, 7) is 10.4. The SMILES string of the molecule is Cc1cc(C)c(NC(=O)C[NH+](C)CC(=O)Nc2c(C)cccc2C)c(C)c1. The number of para-hydroxylation sites is 1. The van der Waals surface area contributed by atoms with Gasteiger partial charge in [-0.3, -0.25) is 9.59 Å². The van der Waals surface area contributed by atoms with Crippen molar-refractivity contribution < 1.29 is 14.5 Å². The zero-order valence-corrected chi connectivity index (χ0v) is 17.1. The number of aryl methyl sites for hydroxylation is 5. The summed E-state index contributed by atoms with van der Waals surface area (Å²) in [6.07, 6.45) is 0. The van der Waals surface area contributed by atoms with Gasteiger partial charge in [0.15, 0.2) is 13.1 Å². The van der Waals surface area contributed by atoms with E-state index in [0.29, 0.717) is 0 Å². The molecule has 2 aromatic rings. The third kappa shape index (κ3) is 5.66. The summed E-state index contributed by atoms with van der Waals surface area (Å²) in [5, 5.41) is 5.95. The zero-order valence-electron chi connectivity index (χ0n) is 17.1. The fourth-order valence-electron chi connectivity index (χ4n) is 3.37. The first-order chi connectivity index (χ1) is 12.7. The molecule has 1 atom stereocenters. The van der Waals surface area contributed by atoms with Crippen LogP contribution in [0.1, 0.15) is 27.8 Å². The molecule has 5 heteroatoms. The van der Waals surface area contributed by atoms with E-state index in [9.17, 15) is 9.59 Å². The van der Waals surface area contributed by atoms with Gasteiger partial charge >= 0.3 is 0 Å². The quantitative estimate of drug-likeness (QED) is 0.733. The minimum atomic E-state index is -0.0969. The molecule has 5 nitrogen and oxygen atoms in total. The third-order valence-corrected chi connectivity index (χ3v) is 4.61. The maximum atomic E-state index is 12.4. The van der Waals surface area contributed by atoms with Gasteiger partial charge < -0.3 is 15.5 Å². The lowest BCUT2D eigenvalue weighted by Crippen LogP contribution is -3.11. The lowest BCUT2D eigenvalue weighted by Gasteiger charge is -2.17. The number of carbonyl (C=O) groups is 2. The minimum Gasteiger partial charge on any atom is -0.322 e. The van der Waals surface area contributed by atoms with Gasteiger partial charge in [0.2, 0.25) is 0 Å². The molecule has 0 saturated heterocycles. The first kappa shape index (κ1) is 20.6. The summed E-state index contributed by atoms with van der Waals surface area (Å²) in [6, 6.07) is 10.0. The molecule has 2 aromatic carbocycles. The Kier molecular flexibility index (Phi) is 6.75. The number of anilines is 2. The van der Waals surface area contributed by atoms with Crippen LogP contribution in [0.25, 0.3) is 0 Å². The molecule has 0 radical (unpaired) electrons. The van der Waals surface area contributed by atoms with Crippen molar-refractivity contribution in [3.8, 4) is 0 Å². The molecular formula is C22H30N3O2+. The number of likely N-dealkylation sites (N-methyl/N-ethyl adjacent to an activating group) is 1. The fraction of sp³-hybridized carbons (Fsp3) is 0.364. The van der Waals surface area contributed by atoms with E-state index in [4.69, 9.17) is 0 Å². The van der Waals surface area contributed by atoms with Gasteiger partial charge in [0.05, 0.1) is 7.05 Å². The molecule has 0 heterocycles. The predicted octanol–water partition coefficient (Wildman–Crippen LogP) is 2.32. The summed E-state index contributed by atoms with van der Waals surface area (Å²) in [7, 11) is 1.85. The molecule has 0 saturated carbocycles. The number of carbonyl (C=O) groups excluding carboxylic acids is 2. The highest BCUT2D eigenvalue weighted by Gasteiger charge is 2.17. The Balaban J connectivity index is 1.92. The number of amides is 2. The van der Waals surface area contributed by atoms with Gasteiger partial charge in [-0.2, -0.15) is 0 Å². The summed E-state index contributed by atoms with van der Waals surface area (Å²) < 4.78 is 0. The Morgan fingerprint density at radius 1 is 0.778 bits per heavy atom. The van der Waals surface area contributed by atoms with Gasteiger partial charge in [0, 0.05) is 11.4 Å². The molecule has 0 aliphatic rings. The normalized spacial score (nSPS) is 11.8. The number of quaternary nitrogens is 1. The van der Waals surface area contributed by atoms with Gasteiger partial charge in [0.25, 0.3) is 11.8 Å².